The normalized spacial score (nSPS) is 22.0. The maximum atomic E-state index is 13.3. The Bertz CT molecular complexity index is 700. The summed E-state index contributed by atoms with van der Waals surface area (Å²) in [5.74, 6) is -3.20. The Morgan fingerprint density at radius 1 is 1.43 bits per heavy atom. The number of H-pyrrole nitrogens is 1. The first-order valence-electron chi connectivity index (χ1n) is 7.64. The van der Waals surface area contributed by atoms with Gasteiger partial charge in [-0.1, -0.05) is 18.2 Å². The lowest BCUT2D eigenvalue weighted by atomic mass is 10.0. The fraction of sp³-hybridized carbons (Fsp3) is 0.438. The summed E-state index contributed by atoms with van der Waals surface area (Å²) in [7, 11) is 0. The number of nitrogens with two attached hydrogens (primary N) is 1. The van der Waals surface area contributed by atoms with E-state index in [1.54, 1.807) is 0 Å². The van der Waals surface area contributed by atoms with Gasteiger partial charge in [-0.3, -0.25) is 4.79 Å². The largest absolute Gasteiger partial charge is 0.361 e. The summed E-state index contributed by atoms with van der Waals surface area (Å²) in [6, 6.07) is 6.37. The van der Waals surface area contributed by atoms with Crippen molar-refractivity contribution >= 4 is 16.8 Å². The third-order valence-corrected chi connectivity index (χ3v) is 4.12. The first kappa shape index (κ1) is 15.9. The number of nitrogens with one attached hydrogen (secondary N) is 3. The molecule has 2 atom stereocenters. The van der Waals surface area contributed by atoms with Crippen LogP contribution in [0.5, 0.6) is 0 Å². The predicted octanol–water partition coefficient (Wildman–Crippen LogP) is 1.15. The molecule has 1 fully saturated rings. The summed E-state index contributed by atoms with van der Waals surface area (Å²) in [5.41, 5.74) is 7.87. The number of fused-ring (bicyclic) bond motifs is 1. The van der Waals surface area contributed by atoms with E-state index in [1.807, 2.05) is 30.5 Å². The highest BCUT2D eigenvalue weighted by Gasteiger charge is 2.37. The zero-order valence-electron chi connectivity index (χ0n) is 12.6. The van der Waals surface area contributed by atoms with E-state index >= 15 is 0 Å². The second kappa shape index (κ2) is 6.25. The van der Waals surface area contributed by atoms with Crippen molar-refractivity contribution in [3.63, 3.8) is 0 Å². The van der Waals surface area contributed by atoms with Crippen LogP contribution in [0, 0.1) is 0 Å². The van der Waals surface area contributed by atoms with Crippen LogP contribution in [0.25, 0.3) is 10.9 Å². The van der Waals surface area contributed by atoms with Gasteiger partial charge in [0.25, 0.3) is 5.92 Å². The van der Waals surface area contributed by atoms with Crippen LogP contribution in [0.15, 0.2) is 30.5 Å². The van der Waals surface area contributed by atoms with Gasteiger partial charge in [0.15, 0.2) is 0 Å². The molecule has 0 saturated carbocycles. The minimum atomic E-state index is -2.79. The standard InChI is InChI=1S/C16H20F2N4O/c17-16(18)6-11(8-20-9-16)22-15(23)13(19)5-10-7-21-14-4-2-1-3-12(10)14/h1-4,7,11,13,20-21H,5-6,8-9,19H2,(H,22,23)/t11?,13-/m1/s1. The average Bonchev–Trinajstić information content (AvgIpc) is 2.89. The summed E-state index contributed by atoms with van der Waals surface area (Å²) in [5, 5.41) is 6.26. The molecule has 0 bridgehead atoms. The Balaban J connectivity index is 1.61. The molecule has 1 aliphatic heterocycles. The molecule has 0 aliphatic carbocycles. The number of halogens is 2. The Kier molecular flexibility index (Phi) is 4.32. The quantitative estimate of drug-likeness (QED) is 0.681. The van der Waals surface area contributed by atoms with Crippen LogP contribution >= 0.6 is 0 Å². The molecule has 1 aliphatic rings. The van der Waals surface area contributed by atoms with E-state index in [0.717, 1.165) is 16.5 Å². The molecule has 3 rings (SSSR count). The van der Waals surface area contributed by atoms with Crippen molar-refractivity contribution in [1.82, 2.24) is 15.6 Å². The highest BCUT2D eigenvalue weighted by atomic mass is 19.3. The number of carbonyl (C=O) groups is 1. The molecule has 23 heavy (non-hydrogen) atoms. The number of amides is 1. The molecule has 5 N–H and O–H groups in total. The molecule has 1 aromatic heterocycles. The highest BCUT2D eigenvalue weighted by Crippen LogP contribution is 2.22. The molecule has 1 aromatic carbocycles. The predicted molar refractivity (Wildman–Crippen MR) is 84.3 cm³/mol. The topological polar surface area (TPSA) is 82.9 Å². The Hall–Kier alpha value is -1.99. The van der Waals surface area contributed by atoms with Crippen molar-refractivity contribution in [2.24, 2.45) is 5.73 Å². The van der Waals surface area contributed by atoms with Crippen LogP contribution in [-0.2, 0) is 11.2 Å². The number of aromatic amines is 1. The van der Waals surface area contributed by atoms with Crippen LogP contribution in [0.2, 0.25) is 0 Å². The average molecular weight is 322 g/mol. The first-order chi connectivity index (χ1) is 10.9. The van der Waals surface area contributed by atoms with E-state index in [-0.39, 0.29) is 13.0 Å². The third-order valence-electron chi connectivity index (χ3n) is 4.12. The molecule has 0 radical (unpaired) electrons. The number of hydrogen-bond acceptors (Lipinski definition) is 3. The van der Waals surface area contributed by atoms with E-state index in [9.17, 15) is 13.6 Å². The lowest BCUT2D eigenvalue weighted by molar-refractivity contribution is -0.124. The van der Waals surface area contributed by atoms with E-state index in [1.165, 1.54) is 0 Å². The molecule has 1 saturated heterocycles. The molecule has 5 nitrogen and oxygen atoms in total. The molecular formula is C16H20F2N4O. The third kappa shape index (κ3) is 3.68. The SMILES string of the molecule is N[C@H](Cc1c[nH]c2ccccc12)C(=O)NC1CNCC(F)(F)C1. The van der Waals surface area contributed by atoms with Gasteiger partial charge in [0.05, 0.1) is 12.6 Å². The molecule has 2 heterocycles. The summed E-state index contributed by atoms with van der Waals surface area (Å²) in [6.07, 6.45) is 1.83. The van der Waals surface area contributed by atoms with E-state index < -0.39 is 23.9 Å². The number of alkyl halides is 2. The Morgan fingerprint density at radius 3 is 3.00 bits per heavy atom. The smallest absolute Gasteiger partial charge is 0.262 e. The van der Waals surface area contributed by atoms with Gasteiger partial charge in [-0.15, -0.1) is 0 Å². The second-order valence-corrected chi connectivity index (χ2v) is 6.07. The van der Waals surface area contributed by atoms with Gasteiger partial charge >= 0.3 is 0 Å². The zero-order valence-corrected chi connectivity index (χ0v) is 12.6. The van der Waals surface area contributed by atoms with Crippen molar-refractivity contribution in [2.75, 3.05) is 13.1 Å². The molecular weight excluding hydrogens is 302 g/mol. The fourth-order valence-corrected chi connectivity index (χ4v) is 2.97. The molecule has 0 spiro atoms. The molecule has 1 amide bonds. The van der Waals surface area contributed by atoms with Crippen LogP contribution < -0.4 is 16.4 Å². The zero-order chi connectivity index (χ0) is 16.4. The van der Waals surface area contributed by atoms with Crippen LogP contribution in [0.3, 0.4) is 0 Å². The molecule has 7 heteroatoms. The number of benzene rings is 1. The lowest BCUT2D eigenvalue weighted by Gasteiger charge is -2.30. The van der Waals surface area contributed by atoms with Gasteiger partial charge in [-0.2, -0.15) is 0 Å². The summed E-state index contributed by atoms with van der Waals surface area (Å²) in [4.78, 5) is 15.3. The summed E-state index contributed by atoms with van der Waals surface area (Å²) >= 11 is 0. The van der Waals surface area contributed by atoms with E-state index in [0.29, 0.717) is 13.0 Å². The number of hydrogen-bond donors (Lipinski definition) is 4. The van der Waals surface area contributed by atoms with Gasteiger partial charge in [0.1, 0.15) is 0 Å². The van der Waals surface area contributed by atoms with Crippen LogP contribution in [0.4, 0.5) is 8.78 Å². The van der Waals surface area contributed by atoms with Crippen molar-refractivity contribution in [2.45, 2.75) is 30.8 Å². The summed E-state index contributed by atoms with van der Waals surface area (Å²) in [6.45, 7) is -0.0120. The monoisotopic (exact) mass is 322 g/mol. The fourth-order valence-electron chi connectivity index (χ4n) is 2.97. The van der Waals surface area contributed by atoms with Gasteiger partial charge in [-0.25, -0.2) is 8.78 Å². The maximum absolute atomic E-state index is 13.3. The highest BCUT2D eigenvalue weighted by molar-refractivity contribution is 5.86. The van der Waals surface area contributed by atoms with E-state index in [2.05, 4.69) is 15.6 Å². The van der Waals surface area contributed by atoms with Gasteiger partial charge in [0.2, 0.25) is 5.91 Å². The van der Waals surface area contributed by atoms with Crippen molar-refractivity contribution in [3.8, 4) is 0 Å². The second-order valence-electron chi connectivity index (χ2n) is 6.07. The first-order valence-corrected chi connectivity index (χ1v) is 7.64. The number of piperidine rings is 1. The van der Waals surface area contributed by atoms with Crippen LogP contribution in [-0.4, -0.2) is 42.0 Å². The van der Waals surface area contributed by atoms with Gasteiger partial charge in [-0.05, 0) is 18.1 Å². The summed E-state index contributed by atoms with van der Waals surface area (Å²) < 4.78 is 26.7. The molecule has 1 unspecified atom stereocenters. The van der Waals surface area contributed by atoms with Crippen molar-refractivity contribution < 1.29 is 13.6 Å². The molecule has 2 aromatic rings. The van der Waals surface area contributed by atoms with Gasteiger partial charge < -0.3 is 21.4 Å². The van der Waals surface area contributed by atoms with E-state index in [4.69, 9.17) is 5.73 Å². The Labute approximate surface area is 132 Å². The molecule has 124 valence electrons. The number of aromatic nitrogens is 1. The van der Waals surface area contributed by atoms with Crippen LogP contribution in [0.1, 0.15) is 12.0 Å². The minimum Gasteiger partial charge on any atom is -0.361 e. The Morgan fingerprint density at radius 2 is 2.22 bits per heavy atom. The maximum Gasteiger partial charge on any atom is 0.262 e. The number of rotatable bonds is 4. The number of carbonyl (C=O) groups excluding carboxylic acids is 1. The number of para-hydroxylation sites is 1. The van der Waals surface area contributed by atoms with Crippen molar-refractivity contribution in [1.29, 1.82) is 0 Å². The minimum absolute atomic E-state index is 0.334. The lowest BCUT2D eigenvalue weighted by Crippen LogP contribution is -2.56. The van der Waals surface area contributed by atoms with Crippen molar-refractivity contribution in [3.05, 3.63) is 36.0 Å². The van der Waals surface area contributed by atoms with Gasteiger partial charge in [0, 0.05) is 36.1 Å².